The lowest BCUT2D eigenvalue weighted by atomic mass is 10.1. The summed E-state index contributed by atoms with van der Waals surface area (Å²) in [6, 6.07) is 25.0. The Morgan fingerprint density at radius 3 is 2.58 bits per heavy atom. The van der Waals surface area contributed by atoms with Gasteiger partial charge in [0.1, 0.15) is 5.82 Å². The number of thioether (sulfide) groups is 1. The SMILES string of the molecule is O=C(CSc1nnc(C2CC2)n1Cc1ccccc1)Nc1ccc2c(c1)Cc1ccccc1-2. The normalized spacial score (nSPS) is 14.1. The molecule has 1 N–H and O–H groups in total. The summed E-state index contributed by atoms with van der Waals surface area (Å²) < 4.78 is 2.18. The minimum absolute atomic E-state index is 0.0299. The predicted molar refractivity (Wildman–Crippen MR) is 132 cm³/mol. The molecule has 0 unspecified atom stereocenters. The molecule has 1 aromatic heterocycles. The molecule has 33 heavy (non-hydrogen) atoms. The Kier molecular flexibility index (Phi) is 5.23. The maximum absolute atomic E-state index is 12.7. The summed E-state index contributed by atoms with van der Waals surface area (Å²) in [6.07, 6.45) is 3.25. The highest BCUT2D eigenvalue weighted by Crippen LogP contribution is 2.40. The highest BCUT2D eigenvalue weighted by atomic mass is 32.2. The van der Waals surface area contributed by atoms with Gasteiger partial charge in [-0.3, -0.25) is 4.79 Å². The molecule has 6 heteroatoms. The highest BCUT2D eigenvalue weighted by Gasteiger charge is 2.30. The van der Waals surface area contributed by atoms with Crippen molar-refractivity contribution >= 4 is 23.4 Å². The van der Waals surface area contributed by atoms with Gasteiger partial charge in [0.2, 0.25) is 5.91 Å². The molecule has 164 valence electrons. The monoisotopic (exact) mass is 452 g/mol. The van der Waals surface area contributed by atoms with Crippen molar-refractivity contribution in [1.82, 2.24) is 14.8 Å². The number of hydrogen-bond acceptors (Lipinski definition) is 4. The van der Waals surface area contributed by atoms with Crippen LogP contribution in [0.15, 0.2) is 78.0 Å². The molecule has 1 heterocycles. The molecule has 1 fully saturated rings. The van der Waals surface area contributed by atoms with E-state index in [1.807, 2.05) is 24.3 Å². The molecule has 1 saturated carbocycles. The Balaban J connectivity index is 1.13. The zero-order valence-corrected chi connectivity index (χ0v) is 19.0. The maximum atomic E-state index is 12.7. The quantitative estimate of drug-likeness (QED) is 0.331. The number of hydrogen-bond donors (Lipinski definition) is 1. The predicted octanol–water partition coefficient (Wildman–Crippen LogP) is 5.51. The summed E-state index contributed by atoms with van der Waals surface area (Å²) in [5, 5.41) is 12.7. The van der Waals surface area contributed by atoms with E-state index in [0.717, 1.165) is 29.6 Å². The number of carbonyl (C=O) groups excluding carboxylic acids is 1. The zero-order valence-electron chi connectivity index (χ0n) is 18.2. The van der Waals surface area contributed by atoms with Gasteiger partial charge in [-0.25, -0.2) is 0 Å². The van der Waals surface area contributed by atoms with Crippen LogP contribution >= 0.6 is 11.8 Å². The van der Waals surface area contributed by atoms with E-state index in [0.29, 0.717) is 11.7 Å². The fraction of sp³-hybridized carbons (Fsp3) is 0.222. The molecule has 3 aromatic carbocycles. The number of amides is 1. The molecular formula is C27H24N4OS. The van der Waals surface area contributed by atoms with Gasteiger partial charge in [0.25, 0.3) is 0 Å². The first-order valence-corrected chi connectivity index (χ1v) is 12.3. The number of nitrogens with zero attached hydrogens (tertiary/aromatic N) is 3. The van der Waals surface area contributed by atoms with Crippen LogP contribution < -0.4 is 5.32 Å². The summed E-state index contributed by atoms with van der Waals surface area (Å²) in [5.74, 6) is 1.81. The number of nitrogens with one attached hydrogen (secondary N) is 1. The van der Waals surface area contributed by atoms with E-state index in [-0.39, 0.29) is 5.91 Å². The van der Waals surface area contributed by atoms with E-state index in [9.17, 15) is 4.79 Å². The van der Waals surface area contributed by atoms with Crippen LogP contribution in [-0.2, 0) is 17.8 Å². The van der Waals surface area contributed by atoms with Crippen molar-refractivity contribution in [3.8, 4) is 11.1 Å². The third kappa shape index (κ3) is 4.18. The first kappa shape index (κ1) is 20.2. The Morgan fingerprint density at radius 1 is 0.939 bits per heavy atom. The second kappa shape index (κ2) is 8.52. The molecule has 0 saturated heterocycles. The maximum Gasteiger partial charge on any atom is 0.234 e. The number of anilines is 1. The molecule has 2 aliphatic carbocycles. The lowest BCUT2D eigenvalue weighted by Crippen LogP contribution is -2.15. The van der Waals surface area contributed by atoms with Gasteiger partial charge in [0, 0.05) is 11.6 Å². The number of benzene rings is 3. The standard InChI is InChI=1S/C27H24N4OS/c32-25(28-22-12-13-24-21(15-22)14-20-8-4-5-9-23(20)24)17-33-27-30-29-26(19-10-11-19)31(27)16-18-6-2-1-3-7-18/h1-9,12-13,15,19H,10-11,14,16-17H2,(H,28,32). The lowest BCUT2D eigenvalue weighted by molar-refractivity contribution is -0.113. The van der Waals surface area contributed by atoms with Gasteiger partial charge in [0.15, 0.2) is 5.16 Å². The summed E-state index contributed by atoms with van der Waals surface area (Å²) in [5.41, 5.74) is 7.22. The van der Waals surface area contributed by atoms with E-state index in [2.05, 4.69) is 68.6 Å². The van der Waals surface area contributed by atoms with E-state index in [1.54, 1.807) is 0 Å². The Bertz CT molecular complexity index is 1330. The molecular weight excluding hydrogens is 428 g/mol. The molecule has 6 rings (SSSR count). The van der Waals surface area contributed by atoms with Crippen LogP contribution in [0, 0.1) is 0 Å². The molecule has 5 nitrogen and oxygen atoms in total. The van der Waals surface area contributed by atoms with Crippen LogP contribution in [-0.4, -0.2) is 26.4 Å². The van der Waals surface area contributed by atoms with Gasteiger partial charge in [-0.2, -0.15) is 0 Å². The van der Waals surface area contributed by atoms with Gasteiger partial charge >= 0.3 is 0 Å². The van der Waals surface area contributed by atoms with Crippen molar-refractivity contribution in [2.24, 2.45) is 0 Å². The highest BCUT2D eigenvalue weighted by molar-refractivity contribution is 7.99. The van der Waals surface area contributed by atoms with Crippen LogP contribution in [0.2, 0.25) is 0 Å². The second-order valence-corrected chi connectivity index (χ2v) is 9.67. The van der Waals surface area contributed by atoms with Gasteiger partial charge in [-0.1, -0.05) is 72.4 Å². The second-order valence-electron chi connectivity index (χ2n) is 8.73. The van der Waals surface area contributed by atoms with Crippen molar-refractivity contribution in [2.45, 2.75) is 36.9 Å². The van der Waals surface area contributed by atoms with Crippen molar-refractivity contribution in [2.75, 3.05) is 11.1 Å². The van der Waals surface area contributed by atoms with Crippen LogP contribution in [0.3, 0.4) is 0 Å². The number of aromatic nitrogens is 3. The fourth-order valence-corrected chi connectivity index (χ4v) is 5.26. The third-order valence-electron chi connectivity index (χ3n) is 6.28. The third-order valence-corrected chi connectivity index (χ3v) is 7.25. The molecule has 0 radical (unpaired) electrons. The van der Waals surface area contributed by atoms with Crippen molar-refractivity contribution < 1.29 is 4.79 Å². The molecule has 0 aliphatic heterocycles. The summed E-state index contributed by atoms with van der Waals surface area (Å²) in [4.78, 5) is 12.7. The minimum atomic E-state index is -0.0299. The fourth-order valence-electron chi connectivity index (χ4n) is 4.51. The van der Waals surface area contributed by atoms with Crippen molar-refractivity contribution in [1.29, 1.82) is 0 Å². The largest absolute Gasteiger partial charge is 0.325 e. The van der Waals surface area contributed by atoms with E-state index in [1.165, 1.54) is 52.4 Å². The van der Waals surface area contributed by atoms with Gasteiger partial charge in [-0.15, -0.1) is 10.2 Å². The van der Waals surface area contributed by atoms with Crippen LogP contribution in [0.5, 0.6) is 0 Å². The number of rotatable bonds is 7. The topological polar surface area (TPSA) is 59.8 Å². The first-order valence-electron chi connectivity index (χ1n) is 11.4. The Labute approximate surface area is 197 Å². The Hall–Kier alpha value is -3.38. The van der Waals surface area contributed by atoms with Crippen LogP contribution in [0.25, 0.3) is 11.1 Å². The van der Waals surface area contributed by atoms with Gasteiger partial charge < -0.3 is 9.88 Å². The van der Waals surface area contributed by atoms with Crippen molar-refractivity contribution in [3.05, 3.63) is 95.3 Å². The molecule has 0 atom stereocenters. The Morgan fingerprint density at radius 2 is 1.73 bits per heavy atom. The molecule has 0 bridgehead atoms. The van der Waals surface area contributed by atoms with E-state index < -0.39 is 0 Å². The summed E-state index contributed by atoms with van der Waals surface area (Å²) >= 11 is 1.45. The van der Waals surface area contributed by atoms with E-state index in [4.69, 9.17) is 0 Å². The van der Waals surface area contributed by atoms with Crippen molar-refractivity contribution in [3.63, 3.8) is 0 Å². The smallest absolute Gasteiger partial charge is 0.234 e. The first-order chi connectivity index (χ1) is 16.2. The van der Waals surface area contributed by atoms with Crippen LogP contribution in [0.4, 0.5) is 5.69 Å². The average Bonchev–Trinajstić information content (AvgIpc) is 3.50. The summed E-state index contributed by atoms with van der Waals surface area (Å²) in [6.45, 7) is 0.731. The van der Waals surface area contributed by atoms with Gasteiger partial charge in [0.05, 0.1) is 12.3 Å². The molecule has 2 aliphatic rings. The molecule has 1 amide bonds. The van der Waals surface area contributed by atoms with Gasteiger partial charge in [-0.05, 0) is 59.2 Å². The molecule has 4 aromatic rings. The minimum Gasteiger partial charge on any atom is -0.325 e. The van der Waals surface area contributed by atoms with Crippen LogP contribution in [0.1, 0.15) is 41.3 Å². The number of carbonyl (C=O) groups is 1. The van der Waals surface area contributed by atoms with E-state index >= 15 is 0 Å². The summed E-state index contributed by atoms with van der Waals surface area (Å²) in [7, 11) is 0. The molecule has 0 spiro atoms. The number of fused-ring (bicyclic) bond motifs is 3. The average molecular weight is 453 g/mol. The zero-order chi connectivity index (χ0) is 22.2. The lowest BCUT2D eigenvalue weighted by Gasteiger charge is -2.10.